The van der Waals surface area contributed by atoms with Crippen molar-refractivity contribution in [2.75, 3.05) is 25.0 Å². The van der Waals surface area contributed by atoms with Crippen LogP contribution in [0.5, 0.6) is 0 Å². The first-order chi connectivity index (χ1) is 9.60. The van der Waals surface area contributed by atoms with Crippen molar-refractivity contribution in [1.82, 2.24) is 4.90 Å². The molecule has 5 heteroatoms. The average molecular weight is 286 g/mol. The van der Waals surface area contributed by atoms with Crippen molar-refractivity contribution in [3.05, 3.63) is 29.6 Å². The topological polar surface area (TPSA) is 15.3 Å². The van der Waals surface area contributed by atoms with Gasteiger partial charge in [0.2, 0.25) is 0 Å². The molecule has 112 valence electrons. The van der Waals surface area contributed by atoms with Crippen molar-refractivity contribution in [3.63, 3.8) is 0 Å². The van der Waals surface area contributed by atoms with Gasteiger partial charge in [0, 0.05) is 24.7 Å². The summed E-state index contributed by atoms with van der Waals surface area (Å²) in [6, 6.07) is 1.46. The molecule has 1 aromatic carbocycles. The van der Waals surface area contributed by atoms with Gasteiger partial charge < -0.3 is 10.2 Å². The van der Waals surface area contributed by atoms with Gasteiger partial charge in [0.1, 0.15) is 11.5 Å². The molecule has 20 heavy (non-hydrogen) atoms. The van der Waals surface area contributed by atoms with Crippen LogP contribution in [0.1, 0.15) is 32.6 Å². The highest BCUT2D eigenvalue weighted by Crippen LogP contribution is 2.23. The smallest absolute Gasteiger partial charge is 0.152 e. The predicted molar refractivity (Wildman–Crippen MR) is 74.3 cm³/mol. The van der Waals surface area contributed by atoms with Crippen LogP contribution in [0.15, 0.2) is 12.1 Å². The van der Waals surface area contributed by atoms with Gasteiger partial charge in [-0.25, -0.2) is 13.2 Å². The summed E-state index contributed by atoms with van der Waals surface area (Å²) < 4.78 is 40.1. The van der Waals surface area contributed by atoms with Crippen LogP contribution in [0, 0.1) is 17.5 Å². The fourth-order valence-electron chi connectivity index (χ4n) is 2.72. The third-order valence-corrected chi connectivity index (χ3v) is 3.72. The van der Waals surface area contributed by atoms with E-state index in [0.29, 0.717) is 12.1 Å². The van der Waals surface area contributed by atoms with E-state index >= 15 is 0 Å². The summed E-state index contributed by atoms with van der Waals surface area (Å²) in [5.41, 5.74) is -0.208. The standard InChI is InChI=1S/C15H21F3N2/c1-2-6-20-7-3-4-12(5-8-20)19-15-13(17)9-11(16)10-14(15)18/h9-10,12,19H,2-8H2,1H3. The van der Waals surface area contributed by atoms with Gasteiger partial charge in [-0.1, -0.05) is 6.92 Å². The van der Waals surface area contributed by atoms with Crippen molar-refractivity contribution in [2.45, 2.75) is 38.6 Å². The zero-order chi connectivity index (χ0) is 14.5. The van der Waals surface area contributed by atoms with E-state index in [0.717, 1.165) is 45.3 Å². The Morgan fingerprint density at radius 1 is 1.15 bits per heavy atom. The molecular weight excluding hydrogens is 265 g/mol. The first kappa shape index (κ1) is 15.2. The van der Waals surface area contributed by atoms with E-state index in [1.54, 1.807) is 0 Å². The largest absolute Gasteiger partial charge is 0.378 e. The van der Waals surface area contributed by atoms with Gasteiger partial charge in [0.05, 0.1) is 0 Å². The number of rotatable bonds is 4. The fraction of sp³-hybridized carbons (Fsp3) is 0.600. The highest BCUT2D eigenvalue weighted by Gasteiger charge is 2.19. The summed E-state index contributed by atoms with van der Waals surface area (Å²) in [6.07, 6.45) is 3.83. The molecule has 2 rings (SSSR count). The Morgan fingerprint density at radius 2 is 1.85 bits per heavy atom. The molecule has 1 unspecified atom stereocenters. The minimum Gasteiger partial charge on any atom is -0.378 e. The molecule has 0 radical (unpaired) electrons. The van der Waals surface area contributed by atoms with Gasteiger partial charge in [-0.2, -0.15) is 0 Å². The van der Waals surface area contributed by atoms with E-state index in [2.05, 4.69) is 17.1 Å². The Bertz CT molecular complexity index is 428. The van der Waals surface area contributed by atoms with Crippen LogP contribution < -0.4 is 5.32 Å². The summed E-state index contributed by atoms with van der Waals surface area (Å²) in [5.74, 6) is -2.62. The van der Waals surface area contributed by atoms with E-state index in [4.69, 9.17) is 0 Å². The van der Waals surface area contributed by atoms with Crippen LogP contribution in [0.2, 0.25) is 0 Å². The molecule has 2 nitrogen and oxygen atoms in total. The zero-order valence-corrected chi connectivity index (χ0v) is 11.8. The molecule has 1 aromatic rings. The van der Waals surface area contributed by atoms with Crippen LogP contribution in [0.3, 0.4) is 0 Å². The average Bonchev–Trinajstić information content (AvgIpc) is 2.60. The number of nitrogens with one attached hydrogen (secondary N) is 1. The minimum atomic E-state index is -0.888. The van der Waals surface area contributed by atoms with E-state index < -0.39 is 17.5 Å². The Labute approximate surface area is 118 Å². The van der Waals surface area contributed by atoms with Crippen molar-refractivity contribution >= 4 is 5.69 Å². The molecule has 1 N–H and O–H groups in total. The molecule has 1 atom stereocenters. The monoisotopic (exact) mass is 286 g/mol. The molecule has 0 amide bonds. The summed E-state index contributed by atoms with van der Waals surface area (Å²) in [4.78, 5) is 2.37. The van der Waals surface area contributed by atoms with Crippen molar-refractivity contribution in [2.24, 2.45) is 0 Å². The van der Waals surface area contributed by atoms with Crippen LogP contribution in [-0.2, 0) is 0 Å². The lowest BCUT2D eigenvalue weighted by atomic mass is 10.1. The quantitative estimate of drug-likeness (QED) is 0.906. The van der Waals surface area contributed by atoms with Crippen LogP contribution in [-0.4, -0.2) is 30.6 Å². The van der Waals surface area contributed by atoms with Gasteiger partial charge in [-0.3, -0.25) is 0 Å². The number of hydrogen-bond acceptors (Lipinski definition) is 2. The molecule has 1 aliphatic heterocycles. The van der Waals surface area contributed by atoms with Gasteiger partial charge in [0.25, 0.3) is 0 Å². The maximum Gasteiger partial charge on any atom is 0.152 e. The maximum absolute atomic E-state index is 13.6. The molecule has 0 aliphatic carbocycles. The van der Waals surface area contributed by atoms with Gasteiger partial charge in [-0.15, -0.1) is 0 Å². The van der Waals surface area contributed by atoms with E-state index in [-0.39, 0.29) is 11.7 Å². The highest BCUT2D eigenvalue weighted by atomic mass is 19.1. The maximum atomic E-state index is 13.6. The number of hydrogen-bond donors (Lipinski definition) is 1. The predicted octanol–water partition coefficient (Wildman–Crippen LogP) is 3.78. The molecule has 0 spiro atoms. The second-order valence-corrected chi connectivity index (χ2v) is 5.36. The first-order valence-electron chi connectivity index (χ1n) is 7.23. The fourth-order valence-corrected chi connectivity index (χ4v) is 2.72. The van der Waals surface area contributed by atoms with Crippen LogP contribution >= 0.6 is 0 Å². The first-order valence-corrected chi connectivity index (χ1v) is 7.23. The van der Waals surface area contributed by atoms with Gasteiger partial charge in [-0.05, 0) is 38.8 Å². The minimum absolute atomic E-state index is 0.0336. The molecule has 0 saturated carbocycles. The molecule has 1 heterocycles. The molecule has 1 fully saturated rings. The molecule has 0 aromatic heterocycles. The van der Waals surface area contributed by atoms with E-state index in [1.807, 2.05) is 0 Å². The second-order valence-electron chi connectivity index (χ2n) is 5.36. The Balaban J connectivity index is 2.00. The lowest BCUT2D eigenvalue weighted by Crippen LogP contribution is -2.27. The third-order valence-electron chi connectivity index (χ3n) is 3.72. The van der Waals surface area contributed by atoms with Crippen molar-refractivity contribution in [1.29, 1.82) is 0 Å². The molecule has 1 aliphatic rings. The summed E-state index contributed by atoms with van der Waals surface area (Å²) in [7, 11) is 0. The lowest BCUT2D eigenvalue weighted by Gasteiger charge is -2.20. The molecule has 0 bridgehead atoms. The third kappa shape index (κ3) is 3.88. The lowest BCUT2D eigenvalue weighted by molar-refractivity contribution is 0.285. The number of nitrogens with zero attached hydrogens (tertiary/aromatic N) is 1. The Hall–Kier alpha value is -1.23. The second kappa shape index (κ2) is 6.97. The summed E-state index contributed by atoms with van der Waals surface area (Å²) >= 11 is 0. The normalized spacial score (nSPS) is 20.7. The summed E-state index contributed by atoms with van der Waals surface area (Å²) in [5, 5.41) is 2.90. The van der Waals surface area contributed by atoms with Crippen LogP contribution in [0.4, 0.5) is 18.9 Å². The Morgan fingerprint density at radius 3 is 2.50 bits per heavy atom. The molecular formula is C15H21F3N2. The van der Waals surface area contributed by atoms with Crippen molar-refractivity contribution < 1.29 is 13.2 Å². The number of likely N-dealkylation sites (tertiary alicyclic amines) is 1. The van der Waals surface area contributed by atoms with Crippen molar-refractivity contribution in [3.8, 4) is 0 Å². The van der Waals surface area contributed by atoms with E-state index in [1.165, 1.54) is 0 Å². The Kier molecular flexibility index (Phi) is 5.29. The number of halogens is 3. The molecule has 1 saturated heterocycles. The van der Waals surface area contributed by atoms with E-state index in [9.17, 15) is 13.2 Å². The summed E-state index contributed by atoms with van der Waals surface area (Å²) in [6.45, 7) is 5.16. The SMILES string of the molecule is CCCN1CCCC(Nc2c(F)cc(F)cc2F)CC1. The van der Waals surface area contributed by atoms with Gasteiger partial charge in [0.15, 0.2) is 11.6 Å². The number of benzene rings is 1. The number of anilines is 1. The zero-order valence-electron chi connectivity index (χ0n) is 11.8. The van der Waals surface area contributed by atoms with Crippen LogP contribution in [0.25, 0.3) is 0 Å². The highest BCUT2D eigenvalue weighted by molar-refractivity contribution is 5.47. The van der Waals surface area contributed by atoms with Gasteiger partial charge >= 0.3 is 0 Å².